The summed E-state index contributed by atoms with van der Waals surface area (Å²) in [6, 6.07) is 11.2. The number of carbonyl (C=O) groups is 1. The zero-order chi connectivity index (χ0) is 14.8. The molecule has 3 rings (SSSR count). The van der Waals surface area contributed by atoms with Crippen molar-refractivity contribution in [2.45, 2.75) is 6.42 Å². The number of fused-ring (bicyclic) bond motifs is 1. The summed E-state index contributed by atoms with van der Waals surface area (Å²) >= 11 is 0. The van der Waals surface area contributed by atoms with Crippen molar-refractivity contribution in [1.82, 2.24) is 14.8 Å². The van der Waals surface area contributed by atoms with Gasteiger partial charge in [0.25, 0.3) is 0 Å². The number of hydrogen-bond donors (Lipinski definition) is 1. The lowest BCUT2D eigenvalue weighted by atomic mass is 10.2. The van der Waals surface area contributed by atoms with Gasteiger partial charge in [-0.15, -0.1) is 0 Å². The van der Waals surface area contributed by atoms with E-state index in [0.29, 0.717) is 11.5 Å². The van der Waals surface area contributed by atoms with Crippen molar-refractivity contribution in [2.75, 3.05) is 12.8 Å². The second-order valence-corrected chi connectivity index (χ2v) is 4.57. The molecule has 0 saturated heterocycles. The van der Waals surface area contributed by atoms with Crippen molar-refractivity contribution in [3.8, 4) is 5.69 Å². The number of anilines is 1. The van der Waals surface area contributed by atoms with Crippen LogP contribution in [0.15, 0.2) is 42.6 Å². The molecule has 0 amide bonds. The monoisotopic (exact) mass is 282 g/mol. The van der Waals surface area contributed by atoms with Crippen molar-refractivity contribution >= 4 is 22.7 Å². The molecule has 6 nitrogen and oxygen atoms in total. The third-order valence-corrected chi connectivity index (χ3v) is 3.19. The average molecular weight is 282 g/mol. The Kier molecular flexibility index (Phi) is 3.27. The highest BCUT2D eigenvalue weighted by atomic mass is 16.5. The van der Waals surface area contributed by atoms with Gasteiger partial charge in [0.05, 0.1) is 30.4 Å². The smallest absolute Gasteiger partial charge is 0.311 e. The molecule has 2 heterocycles. The van der Waals surface area contributed by atoms with Crippen molar-refractivity contribution in [3.63, 3.8) is 0 Å². The van der Waals surface area contributed by atoms with Gasteiger partial charge in [-0.25, -0.2) is 4.68 Å². The Balaban J connectivity index is 2.09. The van der Waals surface area contributed by atoms with Gasteiger partial charge in [-0.05, 0) is 24.3 Å². The summed E-state index contributed by atoms with van der Waals surface area (Å²) < 4.78 is 6.25. The lowest BCUT2D eigenvalue weighted by molar-refractivity contribution is -0.139. The van der Waals surface area contributed by atoms with E-state index in [9.17, 15) is 4.79 Å². The minimum absolute atomic E-state index is 0.0940. The van der Waals surface area contributed by atoms with Gasteiger partial charge in [-0.3, -0.25) is 9.78 Å². The van der Waals surface area contributed by atoms with Gasteiger partial charge in [-0.1, -0.05) is 6.07 Å². The predicted octanol–water partition coefficient (Wildman–Crippen LogP) is 1.72. The van der Waals surface area contributed by atoms with Crippen molar-refractivity contribution in [2.24, 2.45) is 0 Å². The Morgan fingerprint density at radius 3 is 3.00 bits per heavy atom. The molecule has 0 aliphatic carbocycles. The Hall–Kier alpha value is -2.89. The molecule has 0 aliphatic heterocycles. The number of aromatic nitrogens is 3. The number of nitrogen functional groups attached to an aromatic ring is 1. The summed E-state index contributed by atoms with van der Waals surface area (Å²) in [6.07, 6.45) is 1.83. The van der Waals surface area contributed by atoms with Gasteiger partial charge in [0.1, 0.15) is 5.82 Å². The molecule has 106 valence electrons. The fourth-order valence-corrected chi connectivity index (χ4v) is 2.22. The fourth-order valence-electron chi connectivity index (χ4n) is 2.22. The average Bonchev–Trinajstić information content (AvgIpc) is 2.87. The minimum Gasteiger partial charge on any atom is -0.469 e. The van der Waals surface area contributed by atoms with Crippen LogP contribution in [0.5, 0.6) is 0 Å². The Morgan fingerprint density at radius 1 is 1.33 bits per heavy atom. The molecule has 0 aliphatic rings. The number of methoxy groups -OCH3 is 1. The number of esters is 1. The van der Waals surface area contributed by atoms with E-state index in [2.05, 4.69) is 14.8 Å². The fraction of sp³-hybridized carbons (Fsp3) is 0.133. The summed E-state index contributed by atoms with van der Waals surface area (Å²) in [7, 11) is 1.35. The molecule has 0 unspecified atom stereocenters. The van der Waals surface area contributed by atoms with E-state index in [0.717, 1.165) is 16.6 Å². The zero-order valence-electron chi connectivity index (χ0n) is 11.5. The van der Waals surface area contributed by atoms with E-state index in [4.69, 9.17) is 5.73 Å². The molecule has 2 aromatic heterocycles. The first-order chi connectivity index (χ1) is 10.2. The molecule has 0 saturated carbocycles. The van der Waals surface area contributed by atoms with Crippen LogP contribution in [-0.2, 0) is 16.0 Å². The van der Waals surface area contributed by atoms with E-state index in [1.165, 1.54) is 7.11 Å². The van der Waals surface area contributed by atoms with E-state index in [1.807, 2.05) is 30.3 Å². The van der Waals surface area contributed by atoms with E-state index < -0.39 is 0 Å². The molecule has 3 aromatic rings. The summed E-state index contributed by atoms with van der Waals surface area (Å²) in [6.45, 7) is 0. The van der Waals surface area contributed by atoms with Crippen LogP contribution in [0.4, 0.5) is 5.82 Å². The van der Waals surface area contributed by atoms with Crippen molar-refractivity contribution in [1.29, 1.82) is 0 Å². The van der Waals surface area contributed by atoms with Crippen molar-refractivity contribution in [3.05, 3.63) is 48.3 Å². The highest BCUT2D eigenvalue weighted by Gasteiger charge is 2.12. The first-order valence-corrected chi connectivity index (χ1v) is 6.44. The number of benzene rings is 1. The largest absolute Gasteiger partial charge is 0.469 e. The lowest BCUT2D eigenvalue weighted by Gasteiger charge is -2.07. The third-order valence-electron chi connectivity index (χ3n) is 3.19. The van der Waals surface area contributed by atoms with Crippen LogP contribution >= 0.6 is 0 Å². The maximum Gasteiger partial charge on any atom is 0.311 e. The Bertz CT molecular complexity index is 805. The van der Waals surface area contributed by atoms with Gasteiger partial charge >= 0.3 is 5.97 Å². The topological polar surface area (TPSA) is 83.0 Å². The number of carbonyl (C=O) groups excluding carboxylic acids is 1. The van der Waals surface area contributed by atoms with Gasteiger partial charge in [0.15, 0.2) is 0 Å². The number of rotatable bonds is 3. The number of ether oxygens (including phenoxy) is 1. The first-order valence-electron chi connectivity index (χ1n) is 6.44. The van der Waals surface area contributed by atoms with Gasteiger partial charge in [0.2, 0.25) is 0 Å². The third kappa shape index (κ3) is 2.43. The zero-order valence-corrected chi connectivity index (χ0v) is 11.5. The van der Waals surface area contributed by atoms with E-state index in [1.54, 1.807) is 16.9 Å². The Labute approximate surface area is 121 Å². The number of nitrogens with two attached hydrogens (primary N) is 1. The van der Waals surface area contributed by atoms with Gasteiger partial charge in [0, 0.05) is 17.6 Å². The molecule has 2 N–H and O–H groups in total. The highest BCUT2D eigenvalue weighted by molar-refractivity contribution is 5.87. The van der Waals surface area contributed by atoms with Crippen LogP contribution < -0.4 is 5.73 Å². The predicted molar refractivity (Wildman–Crippen MR) is 79.0 cm³/mol. The summed E-state index contributed by atoms with van der Waals surface area (Å²) in [5.74, 6) is 0.115. The highest BCUT2D eigenvalue weighted by Crippen LogP contribution is 2.23. The maximum atomic E-state index is 11.3. The van der Waals surface area contributed by atoms with Gasteiger partial charge in [-0.2, -0.15) is 5.10 Å². The van der Waals surface area contributed by atoms with E-state index in [-0.39, 0.29) is 12.4 Å². The molecule has 0 radical (unpaired) electrons. The molecule has 0 spiro atoms. The van der Waals surface area contributed by atoms with Crippen molar-refractivity contribution < 1.29 is 9.53 Å². The minimum atomic E-state index is -0.348. The standard InChI is InChI=1S/C15H14N4O2/c1-21-15(20)9-10-8-14(16)19(18-10)13-6-2-5-12-11(13)4-3-7-17-12/h2-8H,9,16H2,1H3. The van der Waals surface area contributed by atoms with Crippen LogP contribution in [0.1, 0.15) is 5.69 Å². The lowest BCUT2D eigenvalue weighted by Crippen LogP contribution is -2.06. The molecule has 0 fully saturated rings. The molecule has 0 bridgehead atoms. The number of hydrogen-bond acceptors (Lipinski definition) is 5. The van der Waals surface area contributed by atoms with Crippen LogP contribution in [0.2, 0.25) is 0 Å². The SMILES string of the molecule is COC(=O)Cc1cc(N)n(-c2cccc3ncccc23)n1. The van der Waals surface area contributed by atoms with Crippen LogP contribution in [0, 0.1) is 0 Å². The normalized spacial score (nSPS) is 10.7. The molecular formula is C15H14N4O2. The molecular weight excluding hydrogens is 268 g/mol. The summed E-state index contributed by atoms with van der Waals surface area (Å²) in [4.78, 5) is 15.6. The quantitative estimate of drug-likeness (QED) is 0.739. The second-order valence-electron chi connectivity index (χ2n) is 4.57. The van der Waals surface area contributed by atoms with E-state index >= 15 is 0 Å². The van der Waals surface area contributed by atoms with Crippen LogP contribution in [0.25, 0.3) is 16.6 Å². The molecule has 1 aromatic carbocycles. The summed E-state index contributed by atoms with van der Waals surface area (Å²) in [5, 5.41) is 5.33. The second kappa shape index (κ2) is 5.24. The molecule has 21 heavy (non-hydrogen) atoms. The van der Waals surface area contributed by atoms with Crippen LogP contribution in [-0.4, -0.2) is 27.8 Å². The Morgan fingerprint density at radius 2 is 2.19 bits per heavy atom. The van der Waals surface area contributed by atoms with Crippen LogP contribution in [0.3, 0.4) is 0 Å². The number of pyridine rings is 1. The first kappa shape index (κ1) is 13.1. The van der Waals surface area contributed by atoms with Gasteiger partial charge < -0.3 is 10.5 Å². The molecule has 0 atom stereocenters. The number of nitrogens with zero attached hydrogens (tertiary/aromatic N) is 3. The summed E-state index contributed by atoms with van der Waals surface area (Å²) in [5.41, 5.74) is 8.27. The molecule has 6 heteroatoms. The maximum absolute atomic E-state index is 11.3.